The number of hydrogen-bond acceptors (Lipinski definition) is 1. The van der Waals surface area contributed by atoms with Crippen LogP contribution in [0.1, 0.15) is 72.6 Å². The summed E-state index contributed by atoms with van der Waals surface area (Å²) in [7, 11) is 0.866. The Bertz CT molecular complexity index is 423. The molecule has 1 heterocycles. The molecule has 0 unspecified atom stereocenters. The molecule has 1 aliphatic rings. The molecule has 2 nitrogen and oxygen atoms in total. The third-order valence-corrected chi connectivity index (χ3v) is 4.83. The number of hydrogen-bond donors (Lipinski definition) is 1. The molecule has 0 bridgehead atoms. The van der Waals surface area contributed by atoms with Crippen molar-refractivity contribution < 1.29 is 9.90 Å². The van der Waals surface area contributed by atoms with Crippen LogP contribution in [0.3, 0.4) is 0 Å². The first-order valence-corrected chi connectivity index (χ1v) is 7.91. The maximum Gasteiger partial charge on any atom is 0.340 e. The Morgan fingerprint density at radius 1 is 1.44 bits per heavy atom. The monoisotopic (exact) mass is 264 g/mol. The van der Waals surface area contributed by atoms with Crippen molar-refractivity contribution in [3.05, 3.63) is 28.3 Å². The zero-order valence-corrected chi connectivity index (χ0v) is 11.9. The fourth-order valence-corrected chi connectivity index (χ4v) is 3.92. The predicted molar refractivity (Wildman–Crippen MR) is 75.7 cm³/mol. The largest absolute Gasteiger partial charge is 0.477 e. The summed E-state index contributed by atoms with van der Waals surface area (Å²) in [6.45, 7) is 2.18. The van der Waals surface area contributed by atoms with Gasteiger partial charge in [0.05, 0.1) is 5.30 Å². The highest BCUT2D eigenvalue weighted by Gasteiger charge is 2.25. The quantitative estimate of drug-likeness (QED) is 0.815. The van der Waals surface area contributed by atoms with E-state index in [1.54, 1.807) is 0 Å². The van der Waals surface area contributed by atoms with E-state index >= 15 is 0 Å². The van der Waals surface area contributed by atoms with Gasteiger partial charge in [-0.15, -0.1) is 0 Å². The van der Waals surface area contributed by atoms with E-state index in [1.165, 1.54) is 36.8 Å². The van der Waals surface area contributed by atoms with Gasteiger partial charge in [0, 0.05) is 0 Å². The van der Waals surface area contributed by atoms with Gasteiger partial charge in [-0.25, -0.2) is 4.79 Å². The minimum Gasteiger partial charge on any atom is -0.477 e. The molecule has 98 valence electrons. The number of unbranched alkanes of at least 4 members (excludes halogenated alkanes) is 1. The molecule has 1 aliphatic carbocycles. The Morgan fingerprint density at radius 2 is 2.17 bits per heavy atom. The average Bonchev–Trinajstić information content (AvgIpc) is 2.89. The van der Waals surface area contributed by atoms with E-state index in [-0.39, 0.29) is 0 Å². The van der Waals surface area contributed by atoms with Crippen LogP contribution in [0.25, 0.3) is 0 Å². The van der Waals surface area contributed by atoms with Crippen molar-refractivity contribution in [1.29, 1.82) is 0 Å². The molecule has 1 aromatic heterocycles. The van der Waals surface area contributed by atoms with Gasteiger partial charge in [0.2, 0.25) is 0 Å². The van der Waals surface area contributed by atoms with Crippen LogP contribution in [0.2, 0.25) is 0 Å². The van der Waals surface area contributed by atoms with Crippen molar-refractivity contribution in [2.45, 2.75) is 57.8 Å². The SMILES string of the molecule is CCCCc1ccpc(C(=O)O)c1C1CCCC1. The van der Waals surface area contributed by atoms with E-state index in [0.717, 1.165) is 27.5 Å². The van der Waals surface area contributed by atoms with Crippen LogP contribution in [-0.4, -0.2) is 11.1 Å². The molecule has 0 amide bonds. The molecule has 18 heavy (non-hydrogen) atoms. The second kappa shape index (κ2) is 6.33. The van der Waals surface area contributed by atoms with Crippen LogP contribution in [0.15, 0.2) is 11.9 Å². The lowest BCUT2D eigenvalue weighted by molar-refractivity contribution is 0.0700. The third-order valence-electron chi connectivity index (χ3n) is 3.85. The summed E-state index contributed by atoms with van der Waals surface area (Å²) < 4.78 is 0. The van der Waals surface area contributed by atoms with Gasteiger partial charge in [0.15, 0.2) is 0 Å². The Kier molecular flexibility index (Phi) is 4.77. The lowest BCUT2D eigenvalue weighted by Gasteiger charge is -2.17. The zero-order chi connectivity index (χ0) is 13.0. The highest BCUT2D eigenvalue weighted by atomic mass is 31.0. The molecule has 3 heteroatoms. The molecule has 0 spiro atoms. The number of carboxylic acid groups (broad SMARTS) is 1. The number of carbonyl (C=O) groups is 1. The van der Waals surface area contributed by atoms with Crippen LogP contribution in [0.4, 0.5) is 0 Å². The lowest BCUT2D eigenvalue weighted by Crippen LogP contribution is -2.07. The van der Waals surface area contributed by atoms with E-state index in [2.05, 4.69) is 13.0 Å². The van der Waals surface area contributed by atoms with Gasteiger partial charge in [0.25, 0.3) is 0 Å². The minimum absolute atomic E-state index is 0.500. The van der Waals surface area contributed by atoms with E-state index in [9.17, 15) is 9.90 Å². The zero-order valence-electron chi connectivity index (χ0n) is 11.0. The summed E-state index contributed by atoms with van der Waals surface area (Å²) in [5.41, 5.74) is 2.47. The van der Waals surface area contributed by atoms with Gasteiger partial charge in [-0.1, -0.05) is 40.4 Å². The Morgan fingerprint density at radius 3 is 2.78 bits per heavy atom. The maximum absolute atomic E-state index is 11.4. The normalized spacial score (nSPS) is 16.5. The van der Waals surface area contributed by atoms with Crippen molar-refractivity contribution >= 4 is 14.2 Å². The van der Waals surface area contributed by atoms with Crippen molar-refractivity contribution in [3.8, 4) is 0 Å². The molecular weight excluding hydrogens is 243 g/mol. The molecule has 1 N–H and O–H groups in total. The minimum atomic E-state index is -0.725. The van der Waals surface area contributed by atoms with Crippen LogP contribution < -0.4 is 0 Å². The van der Waals surface area contributed by atoms with E-state index in [4.69, 9.17) is 0 Å². The Hall–Kier alpha value is -0.880. The summed E-state index contributed by atoms with van der Waals surface area (Å²) in [4.78, 5) is 11.4. The smallest absolute Gasteiger partial charge is 0.340 e. The first-order chi connectivity index (χ1) is 8.74. The Balaban J connectivity index is 2.38. The predicted octanol–water partition coefficient (Wildman–Crippen LogP) is 4.97. The fraction of sp³-hybridized carbons (Fsp3) is 0.600. The van der Waals surface area contributed by atoms with E-state index in [0.29, 0.717) is 11.2 Å². The lowest BCUT2D eigenvalue weighted by atomic mass is 9.91. The molecule has 1 fully saturated rings. The number of carboxylic acids is 1. The number of rotatable bonds is 5. The molecule has 0 radical (unpaired) electrons. The second-order valence-corrected chi connectivity index (χ2v) is 6.13. The van der Waals surface area contributed by atoms with Crippen LogP contribution in [0, 0.1) is 0 Å². The summed E-state index contributed by atoms with van der Waals surface area (Å²) in [6.07, 6.45) is 8.20. The summed E-state index contributed by atoms with van der Waals surface area (Å²) in [5, 5.41) is 10.0. The fourth-order valence-electron chi connectivity index (χ4n) is 2.94. The first kappa shape index (κ1) is 13.5. The molecule has 2 rings (SSSR count). The highest BCUT2D eigenvalue weighted by molar-refractivity contribution is 7.31. The van der Waals surface area contributed by atoms with Crippen LogP contribution in [0.5, 0.6) is 0 Å². The molecule has 0 atom stereocenters. The van der Waals surface area contributed by atoms with E-state index < -0.39 is 5.97 Å². The summed E-state index contributed by atoms with van der Waals surface area (Å²) in [6, 6.07) is 2.16. The molecule has 1 saturated carbocycles. The van der Waals surface area contributed by atoms with Gasteiger partial charge in [-0.2, -0.15) is 0 Å². The molecule has 1 aromatic rings. The topological polar surface area (TPSA) is 37.3 Å². The van der Waals surface area contributed by atoms with Crippen molar-refractivity contribution in [3.63, 3.8) is 0 Å². The second-order valence-electron chi connectivity index (χ2n) is 5.12. The standard InChI is InChI=1S/C15H21O2P/c1-2-3-6-12-9-10-18-14(15(16)17)13(12)11-7-4-5-8-11/h9-11H,2-8H2,1H3,(H,16,17). The van der Waals surface area contributed by atoms with Crippen molar-refractivity contribution in [1.82, 2.24) is 0 Å². The summed E-state index contributed by atoms with van der Waals surface area (Å²) in [5.74, 6) is 1.77. The van der Waals surface area contributed by atoms with Crippen molar-refractivity contribution in [2.75, 3.05) is 0 Å². The van der Waals surface area contributed by atoms with E-state index in [1.807, 2.05) is 5.80 Å². The third kappa shape index (κ3) is 2.92. The summed E-state index contributed by atoms with van der Waals surface area (Å²) >= 11 is 0. The molecule has 0 aromatic carbocycles. The number of aromatic carboxylic acids is 1. The molecule has 0 aliphatic heterocycles. The molecular formula is C15H21O2P. The molecule has 0 saturated heterocycles. The van der Waals surface area contributed by atoms with Crippen LogP contribution in [-0.2, 0) is 6.42 Å². The van der Waals surface area contributed by atoms with Gasteiger partial charge in [0.1, 0.15) is 0 Å². The highest BCUT2D eigenvalue weighted by Crippen LogP contribution is 2.40. The first-order valence-electron chi connectivity index (χ1n) is 6.95. The van der Waals surface area contributed by atoms with Gasteiger partial charge in [-0.3, -0.25) is 0 Å². The van der Waals surface area contributed by atoms with Crippen molar-refractivity contribution in [2.24, 2.45) is 0 Å². The average molecular weight is 264 g/mol. The van der Waals surface area contributed by atoms with Gasteiger partial charge < -0.3 is 5.11 Å². The Labute approximate surface area is 111 Å². The maximum atomic E-state index is 11.4. The number of aryl methyl sites for hydroxylation is 1. The van der Waals surface area contributed by atoms with Gasteiger partial charge >= 0.3 is 5.97 Å². The van der Waals surface area contributed by atoms with Crippen LogP contribution >= 0.6 is 8.19 Å². The van der Waals surface area contributed by atoms with Gasteiger partial charge in [-0.05, 0) is 48.5 Å².